The molecule has 27 heteroatoms. The Morgan fingerprint density at radius 1 is 0.460 bits per heavy atom. The fourth-order valence-electron chi connectivity index (χ4n) is 2.76. The van der Waals surface area contributed by atoms with Crippen LogP contribution in [-0.2, 0) is 95.7 Å². The Balaban J connectivity index is 0. The van der Waals surface area contributed by atoms with Crippen molar-refractivity contribution in [2.75, 3.05) is 82.8 Å². The predicted octanol–water partition coefficient (Wildman–Crippen LogP) is 5.38. The number of ether oxygens (including phenoxy) is 1. The Labute approximate surface area is 293 Å². The van der Waals surface area contributed by atoms with Crippen molar-refractivity contribution in [3.63, 3.8) is 0 Å². The summed E-state index contributed by atoms with van der Waals surface area (Å²) in [5.74, 6) is 0. The van der Waals surface area contributed by atoms with Crippen molar-refractivity contribution in [2.45, 2.75) is 65.1 Å². The van der Waals surface area contributed by atoms with Crippen LogP contribution in [0.15, 0.2) is 0 Å². The molecule has 50 heavy (non-hydrogen) atoms. The average Bonchev–Trinajstić information content (AvgIpc) is 3.09. The lowest BCUT2D eigenvalue weighted by molar-refractivity contribution is 0.0227. The summed E-state index contributed by atoms with van der Waals surface area (Å²) in [6.45, 7) is 6.35. The highest BCUT2D eigenvalue weighted by molar-refractivity contribution is 7.69. The largest absolute Gasteiger partial charge is 0.474 e. The molecule has 0 aliphatic heterocycles. The smallest absolute Gasteiger partial charge is 0.394 e. The van der Waals surface area contributed by atoms with Gasteiger partial charge in [-0.2, -0.15) is 0 Å². The quantitative estimate of drug-likeness (QED) is 0.0732. The lowest BCUT2D eigenvalue weighted by Crippen LogP contribution is -2.20. The number of carbonyl (C=O) groups excluding carboxylic acids is 1. The predicted molar refractivity (Wildman–Crippen MR) is 176 cm³/mol. The first-order valence-electron chi connectivity index (χ1n) is 14.4. The van der Waals surface area contributed by atoms with Crippen LogP contribution in [0, 0.1) is 0 Å². The molecule has 0 amide bonds. The molecule has 9 unspecified atom stereocenters. The van der Waals surface area contributed by atoms with Gasteiger partial charge in [0.1, 0.15) is 0 Å². The molecule has 0 aromatic rings. The SMILES string of the molecule is COCC(C)OP(=O)(OC)OCC(C)OP(=O)(OC)OCC(C)OP(=O)(C=O)OC.COP(=O)(OC)OC(C)COP(=O)(OC)OC(C)CO. The minimum absolute atomic E-state index is 0.0407. The maximum absolute atomic E-state index is 12.6. The third-order valence-corrected chi connectivity index (χ3v) is 12.7. The first-order chi connectivity index (χ1) is 23.1. The van der Waals surface area contributed by atoms with Crippen molar-refractivity contribution >= 4 is 44.9 Å². The van der Waals surface area contributed by atoms with E-state index >= 15 is 0 Å². The lowest BCUT2D eigenvalue weighted by Gasteiger charge is -2.24. The van der Waals surface area contributed by atoms with E-state index in [-0.39, 0.29) is 32.5 Å². The lowest BCUT2D eigenvalue weighted by atomic mass is 10.5. The summed E-state index contributed by atoms with van der Waals surface area (Å²) < 4.78 is 134. The van der Waals surface area contributed by atoms with E-state index in [1.807, 2.05) is 0 Å². The molecule has 0 radical (unpaired) electrons. The van der Waals surface area contributed by atoms with Crippen LogP contribution in [0.5, 0.6) is 0 Å². The van der Waals surface area contributed by atoms with E-state index in [9.17, 15) is 27.6 Å². The summed E-state index contributed by atoms with van der Waals surface area (Å²) in [5.41, 5.74) is 0. The minimum Gasteiger partial charge on any atom is -0.394 e. The van der Waals surface area contributed by atoms with Crippen LogP contribution in [0.4, 0.5) is 0 Å². The number of carbonyl (C=O) groups is 1. The van der Waals surface area contributed by atoms with Gasteiger partial charge in [-0.05, 0) is 34.6 Å². The van der Waals surface area contributed by atoms with Gasteiger partial charge in [-0.3, -0.25) is 68.2 Å². The molecular formula is C23H53O22P5. The maximum atomic E-state index is 12.6. The highest BCUT2D eigenvalue weighted by Crippen LogP contribution is 2.54. The van der Waals surface area contributed by atoms with E-state index in [4.69, 9.17) is 55.1 Å². The molecule has 0 aromatic carbocycles. The first kappa shape index (κ1) is 52.3. The summed E-state index contributed by atoms with van der Waals surface area (Å²) in [4.78, 5) is 10.8. The number of hydrogen-bond donors (Lipinski definition) is 1. The van der Waals surface area contributed by atoms with Crippen molar-refractivity contribution in [3.8, 4) is 0 Å². The number of hydrogen-bond acceptors (Lipinski definition) is 22. The van der Waals surface area contributed by atoms with Crippen molar-refractivity contribution in [1.29, 1.82) is 0 Å². The van der Waals surface area contributed by atoms with Crippen LogP contribution in [0.3, 0.4) is 0 Å². The molecule has 0 aliphatic carbocycles. The number of phosphoric ester groups is 4. The van der Waals surface area contributed by atoms with Crippen molar-refractivity contribution < 1.29 is 101 Å². The van der Waals surface area contributed by atoms with Crippen LogP contribution in [0.25, 0.3) is 0 Å². The van der Waals surface area contributed by atoms with Crippen LogP contribution < -0.4 is 0 Å². The van der Waals surface area contributed by atoms with Gasteiger partial charge < -0.3 is 14.4 Å². The van der Waals surface area contributed by atoms with Gasteiger partial charge in [-0.15, -0.1) is 0 Å². The zero-order valence-electron chi connectivity index (χ0n) is 30.3. The highest BCUT2D eigenvalue weighted by Gasteiger charge is 2.35. The van der Waals surface area contributed by atoms with Gasteiger partial charge in [0.15, 0.2) is 0 Å². The normalized spacial score (nSPS) is 20.0. The van der Waals surface area contributed by atoms with Gasteiger partial charge in [0.05, 0.1) is 63.6 Å². The van der Waals surface area contributed by atoms with E-state index in [2.05, 4.69) is 18.1 Å². The van der Waals surface area contributed by atoms with Gasteiger partial charge in [-0.1, -0.05) is 0 Å². The van der Waals surface area contributed by atoms with Crippen LogP contribution in [0.1, 0.15) is 34.6 Å². The third-order valence-electron chi connectivity index (χ3n) is 5.13. The standard InChI is InChI=1S/C14H31O13P3.C9H22O9P2/c1-12(8-19-4)26-29(17,21-6)24-10-14(3)27-30(18,22-7)23-9-13(2)25-28(16,11-15)20-5;1-8(6-10)17-20(12,15-5)16-7-9(2)18-19(11,13-3)14-4/h11-14H,8-10H2,1-7H3;8-10H,6-7H2,1-5H3. The molecule has 0 heterocycles. The maximum Gasteiger partial charge on any atom is 0.474 e. The van der Waals surface area contributed by atoms with Crippen LogP contribution >= 0.6 is 38.9 Å². The fourth-order valence-corrected chi connectivity index (χ4v) is 7.81. The summed E-state index contributed by atoms with van der Waals surface area (Å²) in [6.07, 6.45) is -3.90. The second kappa shape index (κ2) is 26.1. The number of phosphoric acid groups is 4. The van der Waals surface area contributed by atoms with Gasteiger partial charge in [0.25, 0.3) is 0 Å². The van der Waals surface area contributed by atoms with Crippen LogP contribution in [0.2, 0.25) is 0 Å². The van der Waals surface area contributed by atoms with Crippen molar-refractivity contribution in [1.82, 2.24) is 0 Å². The molecule has 0 aliphatic rings. The van der Waals surface area contributed by atoms with E-state index in [0.29, 0.717) is 0 Å². The molecule has 0 bridgehead atoms. The number of aliphatic hydroxyl groups is 1. The van der Waals surface area contributed by atoms with E-state index in [1.165, 1.54) is 49.0 Å². The summed E-state index contributed by atoms with van der Waals surface area (Å²) in [6, 6.07) is 0.0407. The average molecular weight is 837 g/mol. The molecule has 0 spiro atoms. The van der Waals surface area contributed by atoms with Crippen molar-refractivity contribution in [3.05, 3.63) is 0 Å². The van der Waals surface area contributed by atoms with E-state index in [1.54, 1.807) is 6.92 Å². The van der Waals surface area contributed by atoms with Gasteiger partial charge in [-0.25, -0.2) is 18.3 Å². The molecule has 0 fully saturated rings. The Morgan fingerprint density at radius 2 is 0.760 bits per heavy atom. The molecule has 0 aromatic heterocycles. The van der Waals surface area contributed by atoms with Gasteiger partial charge in [0.2, 0.25) is 6.03 Å². The van der Waals surface area contributed by atoms with Gasteiger partial charge >= 0.3 is 38.9 Å². The Kier molecular flexibility index (Phi) is 27.3. The Bertz CT molecular complexity index is 1170. The molecule has 9 atom stereocenters. The van der Waals surface area contributed by atoms with Gasteiger partial charge in [0, 0.05) is 49.8 Å². The van der Waals surface area contributed by atoms with E-state index in [0.717, 1.165) is 28.4 Å². The summed E-state index contributed by atoms with van der Waals surface area (Å²) in [7, 11) is -11.2. The molecule has 22 nitrogen and oxygen atoms in total. The minimum atomic E-state index is -4.09. The zero-order chi connectivity index (χ0) is 39.2. The molecular weight excluding hydrogens is 783 g/mol. The number of rotatable bonds is 29. The number of aliphatic hydroxyl groups excluding tert-OH is 1. The Morgan fingerprint density at radius 3 is 1.04 bits per heavy atom. The molecule has 0 rings (SSSR count). The van der Waals surface area contributed by atoms with Crippen LogP contribution in [-0.4, -0.2) is 124 Å². The van der Waals surface area contributed by atoms with E-state index < -0.39 is 76.0 Å². The molecule has 302 valence electrons. The second-order valence-corrected chi connectivity index (χ2v) is 18.5. The monoisotopic (exact) mass is 836 g/mol. The second-order valence-electron chi connectivity index (χ2n) is 9.63. The number of methoxy groups -OCH3 is 1. The molecule has 0 saturated heterocycles. The summed E-state index contributed by atoms with van der Waals surface area (Å²) in [5, 5.41) is 8.84. The molecule has 0 saturated carbocycles. The fraction of sp³-hybridized carbons (Fsp3) is 0.957. The Hall–Kier alpha value is 0.180. The molecule has 1 N–H and O–H groups in total. The highest BCUT2D eigenvalue weighted by atomic mass is 31.2. The third kappa shape index (κ3) is 22.4. The first-order valence-corrected chi connectivity index (χ1v) is 21.9. The zero-order valence-corrected chi connectivity index (χ0v) is 34.7. The topological polar surface area (TPSA) is 261 Å². The summed E-state index contributed by atoms with van der Waals surface area (Å²) >= 11 is 0. The van der Waals surface area contributed by atoms with Crippen molar-refractivity contribution in [2.24, 2.45) is 0 Å².